The minimum atomic E-state index is -0.161. The van der Waals surface area contributed by atoms with Crippen molar-refractivity contribution in [2.24, 2.45) is 0 Å². The first-order chi connectivity index (χ1) is 8.52. The highest BCUT2D eigenvalue weighted by Gasteiger charge is 2.08. The second-order valence-corrected chi connectivity index (χ2v) is 5.28. The topological polar surface area (TPSA) is 29.5 Å². The number of hydrogen-bond acceptors (Lipinski definition) is 3. The van der Waals surface area contributed by atoms with Crippen LogP contribution in [0.25, 0.3) is 0 Å². The van der Waals surface area contributed by atoms with Crippen LogP contribution in [0.4, 0.5) is 0 Å². The van der Waals surface area contributed by atoms with E-state index in [0.29, 0.717) is 13.2 Å². The Morgan fingerprint density at radius 1 is 1.44 bits per heavy atom. The molecule has 0 amide bonds. The highest BCUT2D eigenvalue weighted by molar-refractivity contribution is 9.10. The van der Waals surface area contributed by atoms with Crippen molar-refractivity contribution in [2.75, 3.05) is 26.7 Å². The van der Waals surface area contributed by atoms with E-state index in [9.17, 15) is 4.79 Å². The molecule has 0 saturated carbocycles. The maximum atomic E-state index is 11.3. The summed E-state index contributed by atoms with van der Waals surface area (Å²) in [6.45, 7) is 5.56. The first-order valence-corrected chi connectivity index (χ1v) is 6.91. The molecule has 4 heteroatoms. The van der Waals surface area contributed by atoms with Crippen molar-refractivity contribution in [3.05, 3.63) is 33.8 Å². The van der Waals surface area contributed by atoms with Gasteiger partial charge in [-0.1, -0.05) is 22.0 Å². The van der Waals surface area contributed by atoms with E-state index >= 15 is 0 Å². The SMILES string of the molecule is CCOC(=O)CN(C)CCc1cc(Br)ccc1C. The molecule has 3 nitrogen and oxygen atoms in total. The molecule has 100 valence electrons. The molecule has 0 fully saturated rings. The molecule has 0 bridgehead atoms. The summed E-state index contributed by atoms with van der Waals surface area (Å²) in [5.74, 6) is -0.161. The molecular formula is C14H20BrNO2. The van der Waals surface area contributed by atoms with E-state index < -0.39 is 0 Å². The fraction of sp³-hybridized carbons (Fsp3) is 0.500. The summed E-state index contributed by atoms with van der Waals surface area (Å²) in [5.41, 5.74) is 2.59. The van der Waals surface area contributed by atoms with Crippen LogP contribution in [0.5, 0.6) is 0 Å². The summed E-state index contributed by atoms with van der Waals surface area (Å²) in [4.78, 5) is 13.3. The van der Waals surface area contributed by atoms with E-state index in [1.165, 1.54) is 11.1 Å². The van der Waals surface area contributed by atoms with Crippen molar-refractivity contribution in [3.8, 4) is 0 Å². The molecule has 0 radical (unpaired) electrons. The average Bonchev–Trinajstić information content (AvgIpc) is 2.30. The van der Waals surface area contributed by atoms with Gasteiger partial charge in [0.2, 0.25) is 0 Å². The predicted octanol–water partition coefficient (Wildman–Crippen LogP) is 2.79. The molecule has 0 aliphatic rings. The van der Waals surface area contributed by atoms with Crippen LogP contribution in [-0.2, 0) is 16.0 Å². The molecule has 0 aliphatic heterocycles. The maximum Gasteiger partial charge on any atom is 0.320 e. The number of hydrogen-bond donors (Lipinski definition) is 0. The summed E-state index contributed by atoms with van der Waals surface area (Å²) in [6.07, 6.45) is 0.932. The highest BCUT2D eigenvalue weighted by Crippen LogP contribution is 2.16. The van der Waals surface area contributed by atoms with Crippen LogP contribution < -0.4 is 0 Å². The molecule has 0 spiro atoms. The Kier molecular flexibility index (Phi) is 6.36. The Morgan fingerprint density at radius 3 is 2.83 bits per heavy atom. The van der Waals surface area contributed by atoms with Gasteiger partial charge in [0.05, 0.1) is 13.2 Å². The number of ether oxygens (including phenoxy) is 1. The molecule has 0 unspecified atom stereocenters. The molecule has 0 atom stereocenters. The van der Waals surface area contributed by atoms with Crippen LogP contribution in [0, 0.1) is 6.92 Å². The fourth-order valence-corrected chi connectivity index (χ4v) is 2.14. The minimum Gasteiger partial charge on any atom is -0.465 e. The lowest BCUT2D eigenvalue weighted by molar-refractivity contribution is -0.144. The average molecular weight is 314 g/mol. The van der Waals surface area contributed by atoms with E-state index in [4.69, 9.17) is 4.74 Å². The zero-order valence-electron chi connectivity index (χ0n) is 11.2. The van der Waals surface area contributed by atoms with Gasteiger partial charge < -0.3 is 4.74 Å². The largest absolute Gasteiger partial charge is 0.465 e. The monoisotopic (exact) mass is 313 g/mol. The molecule has 0 heterocycles. The van der Waals surface area contributed by atoms with Gasteiger partial charge in [0, 0.05) is 11.0 Å². The molecule has 0 saturated heterocycles. The van der Waals surface area contributed by atoms with Crippen LogP contribution in [0.3, 0.4) is 0 Å². The van der Waals surface area contributed by atoms with E-state index in [1.807, 2.05) is 24.9 Å². The van der Waals surface area contributed by atoms with Gasteiger partial charge in [-0.15, -0.1) is 0 Å². The van der Waals surface area contributed by atoms with Crippen molar-refractivity contribution in [1.82, 2.24) is 4.90 Å². The third-order valence-electron chi connectivity index (χ3n) is 2.78. The summed E-state index contributed by atoms with van der Waals surface area (Å²) >= 11 is 3.48. The number of halogens is 1. The van der Waals surface area contributed by atoms with E-state index in [-0.39, 0.29) is 5.97 Å². The molecule has 0 aromatic heterocycles. The van der Waals surface area contributed by atoms with Gasteiger partial charge in [-0.2, -0.15) is 0 Å². The number of carbonyl (C=O) groups excluding carboxylic acids is 1. The lowest BCUT2D eigenvalue weighted by Gasteiger charge is -2.16. The van der Waals surface area contributed by atoms with Gasteiger partial charge in [0.1, 0.15) is 0 Å². The van der Waals surface area contributed by atoms with E-state index in [0.717, 1.165) is 17.4 Å². The van der Waals surface area contributed by atoms with Crippen molar-refractivity contribution < 1.29 is 9.53 Å². The minimum absolute atomic E-state index is 0.161. The lowest BCUT2D eigenvalue weighted by Crippen LogP contribution is -2.29. The number of aryl methyl sites for hydroxylation is 1. The number of carbonyl (C=O) groups is 1. The number of nitrogens with zero attached hydrogens (tertiary/aromatic N) is 1. The van der Waals surface area contributed by atoms with Crippen LogP contribution in [0.15, 0.2) is 22.7 Å². The second-order valence-electron chi connectivity index (χ2n) is 4.36. The van der Waals surface area contributed by atoms with Gasteiger partial charge in [-0.05, 0) is 50.6 Å². The number of likely N-dealkylation sites (N-methyl/N-ethyl adjacent to an activating group) is 1. The van der Waals surface area contributed by atoms with Crippen molar-refractivity contribution in [1.29, 1.82) is 0 Å². The van der Waals surface area contributed by atoms with Gasteiger partial charge >= 0.3 is 5.97 Å². The zero-order chi connectivity index (χ0) is 13.5. The Bertz CT molecular complexity index is 407. The Balaban J connectivity index is 2.44. The van der Waals surface area contributed by atoms with Crippen LogP contribution >= 0.6 is 15.9 Å². The third kappa shape index (κ3) is 5.19. The van der Waals surface area contributed by atoms with Gasteiger partial charge in [-0.25, -0.2) is 0 Å². The summed E-state index contributed by atoms with van der Waals surface area (Å²) in [7, 11) is 1.93. The summed E-state index contributed by atoms with van der Waals surface area (Å²) in [6, 6.07) is 6.28. The number of rotatable bonds is 6. The normalized spacial score (nSPS) is 10.7. The van der Waals surface area contributed by atoms with Gasteiger partial charge in [-0.3, -0.25) is 9.69 Å². The number of esters is 1. The van der Waals surface area contributed by atoms with Crippen molar-refractivity contribution in [3.63, 3.8) is 0 Å². The van der Waals surface area contributed by atoms with Gasteiger partial charge in [0.15, 0.2) is 0 Å². The predicted molar refractivity (Wildman–Crippen MR) is 76.7 cm³/mol. The Morgan fingerprint density at radius 2 is 2.17 bits per heavy atom. The molecule has 0 aliphatic carbocycles. The standard InChI is InChI=1S/C14H20BrNO2/c1-4-18-14(17)10-16(3)8-7-12-9-13(15)6-5-11(12)2/h5-6,9H,4,7-8,10H2,1-3H3. The first kappa shape index (κ1) is 15.2. The zero-order valence-corrected chi connectivity index (χ0v) is 12.8. The molecule has 1 aromatic carbocycles. The molecule has 18 heavy (non-hydrogen) atoms. The third-order valence-corrected chi connectivity index (χ3v) is 3.27. The Hall–Kier alpha value is -0.870. The Labute approximate surface area is 117 Å². The lowest BCUT2D eigenvalue weighted by atomic mass is 10.1. The maximum absolute atomic E-state index is 11.3. The molecular weight excluding hydrogens is 294 g/mol. The van der Waals surface area contributed by atoms with Crippen molar-refractivity contribution in [2.45, 2.75) is 20.3 Å². The van der Waals surface area contributed by atoms with Crippen LogP contribution in [0.1, 0.15) is 18.1 Å². The molecule has 0 N–H and O–H groups in total. The fourth-order valence-electron chi connectivity index (χ4n) is 1.73. The second kappa shape index (κ2) is 7.54. The van der Waals surface area contributed by atoms with Crippen molar-refractivity contribution >= 4 is 21.9 Å². The van der Waals surface area contributed by atoms with Gasteiger partial charge in [0.25, 0.3) is 0 Å². The summed E-state index contributed by atoms with van der Waals surface area (Å²) in [5, 5.41) is 0. The molecule has 1 aromatic rings. The molecule has 1 rings (SSSR count). The highest BCUT2D eigenvalue weighted by atomic mass is 79.9. The van der Waals surface area contributed by atoms with Crippen LogP contribution in [0.2, 0.25) is 0 Å². The number of benzene rings is 1. The quantitative estimate of drug-likeness (QED) is 0.756. The van der Waals surface area contributed by atoms with Crippen LogP contribution in [-0.4, -0.2) is 37.6 Å². The first-order valence-electron chi connectivity index (χ1n) is 6.12. The van der Waals surface area contributed by atoms with E-state index in [2.05, 4.69) is 35.0 Å². The summed E-state index contributed by atoms with van der Waals surface area (Å²) < 4.78 is 6.01. The smallest absolute Gasteiger partial charge is 0.320 e. The van der Waals surface area contributed by atoms with E-state index in [1.54, 1.807) is 0 Å².